The van der Waals surface area contributed by atoms with E-state index in [0.717, 1.165) is 93.9 Å². The number of allylic oxidation sites excluding steroid dienone is 3. The first-order valence-corrected chi connectivity index (χ1v) is 24.0. The van der Waals surface area contributed by atoms with Crippen molar-refractivity contribution in [3.63, 3.8) is 0 Å². The van der Waals surface area contributed by atoms with Gasteiger partial charge in [0.2, 0.25) is 18.0 Å². The van der Waals surface area contributed by atoms with E-state index in [1.807, 2.05) is 50.9 Å². The van der Waals surface area contributed by atoms with Crippen molar-refractivity contribution in [1.82, 2.24) is 44.9 Å². The number of nitrogens with zero attached hydrogens (tertiary/aromatic N) is 5. The van der Waals surface area contributed by atoms with E-state index in [1.165, 1.54) is 24.7 Å². The van der Waals surface area contributed by atoms with E-state index in [9.17, 15) is 19.2 Å². The average Bonchev–Trinajstić information content (AvgIpc) is 4.19. The van der Waals surface area contributed by atoms with Gasteiger partial charge in [-0.1, -0.05) is 40.3 Å². The van der Waals surface area contributed by atoms with Gasteiger partial charge in [-0.15, -0.1) is 11.3 Å². The zero-order valence-electron chi connectivity index (χ0n) is 39.1. The molecular weight excluding hydrogens is 871 g/mol. The number of rotatable bonds is 12. The Kier molecular flexibility index (Phi) is 12.6. The molecule has 0 radical (unpaired) electrons. The summed E-state index contributed by atoms with van der Waals surface area (Å²) in [5.41, 5.74) is 7.95. The fourth-order valence-electron chi connectivity index (χ4n) is 10.1. The van der Waals surface area contributed by atoms with Gasteiger partial charge >= 0.3 is 12.2 Å². The first-order valence-electron chi connectivity index (χ1n) is 23.2. The predicted octanol–water partition coefficient (Wildman–Crippen LogP) is 8.72. The fraction of sp³-hybridized carbons (Fsp3) is 0.440. The third-order valence-electron chi connectivity index (χ3n) is 13.5. The summed E-state index contributed by atoms with van der Waals surface area (Å²) in [6, 6.07) is 8.82. The standard InChI is InChI=1S/C50H59N9O7S/c1-26(2)41(55-49(62)64-7)46(60)57-21-9-11-36(57)44-51-24-31(53-44)16-19-38-40-28(5)13-17-32-33-23-30(15-18-35(33)59(43(32)40)48(66-38)39-20-14-29(6)67-39)34-25-52-45(54-34)37-12-10-22-58(37)47(61)42(27(3)4)56-50(63)65-8/h14-16,18-20,23-27,36-37,41-42,48H,5,9-13,17,21-22H2,1-4,6-8H3,(H,51,53)(H,52,54)(H,55,62)(H,56,63)/b19-16+. The topological polar surface area (TPSA) is 189 Å². The molecule has 4 N–H and O–H groups in total. The lowest BCUT2D eigenvalue weighted by molar-refractivity contribution is -0.136. The van der Waals surface area contributed by atoms with E-state index in [1.54, 1.807) is 22.4 Å². The maximum Gasteiger partial charge on any atom is 0.407 e. The second-order valence-electron chi connectivity index (χ2n) is 18.5. The van der Waals surface area contributed by atoms with Crippen molar-refractivity contribution in [3.8, 4) is 11.3 Å². The van der Waals surface area contributed by atoms with Crippen molar-refractivity contribution in [2.75, 3.05) is 27.3 Å². The number of fused-ring (bicyclic) bond motifs is 3. The van der Waals surface area contributed by atoms with Gasteiger partial charge in [0.15, 0.2) is 0 Å². The van der Waals surface area contributed by atoms with Gasteiger partial charge in [0.1, 0.15) is 29.5 Å². The lowest BCUT2D eigenvalue weighted by Crippen LogP contribution is -2.51. The molecule has 17 heteroatoms. The van der Waals surface area contributed by atoms with Gasteiger partial charge in [-0.25, -0.2) is 19.6 Å². The molecule has 3 aliphatic heterocycles. The molecule has 1 aromatic carbocycles. The van der Waals surface area contributed by atoms with Crippen LogP contribution in [0.25, 0.3) is 33.8 Å². The summed E-state index contributed by atoms with van der Waals surface area (Å²) in [4.78, 5) is 74.4. The van der Waals surface area contributed by atoms with Crippen molar-refractivity contribution in [2.45, 2.75) is 104 Å². The van der Waals surface area contributed by atoms with Crippen LogP contribution in [0, 0.1) is 18.8 Å². The first kappa shape index (κ1) is 45.5. The van der Waals surface area contributed by atoms with E-state index in [0.29, 0.717) is 24.7 Å². The quantitative estimate of drug-likeness (QED) is 0.0949. The third-order valence-corrected chi connectivity index (χ3v) is 14.6. The van der Waals surface area contributed by atoms with Gasteiger partial charge in [0.25, 0.3) is 0 Å². The Bertz CT molecular complexity index is 2810. The molecule has 5 unspecified atom stereocenters. The summed E-state index contributed by atoms with van der Waals surface area (Å²) in [5, 5.41) is 6.58. The van der Waals surface area contributed by atoms with Crippen LogP contribution in [0.15, 0.2) is 66.7 Å². The number of aryl methyl sites for hydroxylation is 2. The molecule has 2 fully saturated rings. The molecule has 0 bridgehead atoms. The molecule has 2 saturated heterocycles. The average molecular weight is 930 g/mol. The summed E-state index contributed by atoms with van der Waals surface area (Å²) in [5.74, 6) is 1.55. The number of carbonyl (C=O) groups excluding carboxylic acids is 4. The second kappa shape index (κ2) is 18.6. The smallest absolute Gasteiger partial charge is 0.407 e. The Labute approximate surface area is 393 Å². The van der Waals surface area contributed by atoms with Crippen LogP contribution in [0.3, 0.4) is 0 Å². The summed E-state index contributed by atoms with van der Waals surface area (Å²) < 4.78 is 19.0. The SMILES string of the molecule is C=C1CCc2c3n(c4ccc(-c5cnc(C6CCCN6C(=O)C(NC(=O)OC)C(C)C)[nH]5)cc24)C(c2ccc(C)s2)OC(/C=C/c2cnc(C4CCCN4C(=O)C(NC(=O)OC)C(C)C)[nH]2)=C13. The van der Waals surface area contributed by atoms with Crippen LogP contribution in [-0.2, 0) is 30.2 Å². The Morgan fingerprint density at radius 1 is 0.851 bits per heavy atom. The van der Waals surface area contributed by atoms with Crippen molar-refractivity contribution >= 4 is 57.9 Å². The molecule has 4 aromatic heterocycles. The zero-order chi connectivity index (χ0) is 47.3. The van der Waals surface area contributed by atoms with E-state index in [2.05, 4.69) is 69.0 Å². The van der Waals surface area contributed by atoms with Crippen LogP contribution < -0.4 is 10.6 Å². The number of benzene rings is 1. The number of nitrogens with one attached hydrogen (secondary N) is 4. The van der Waals surface area contributed by atoms with E-state index < -0.39 is 30.5 Å². The largest absolute Gasteiger partial charge is 0.464 e. The summed E-state index contributed by atoms with van der Waals surface area (Å²) in [6.07, 6.45) is 10.6. The van der Waals surface area contributed by atoms with Gasteiger partial charge in [-0.2, -0.15) is 0 Å². The molecular formula is C50H59N9O7S. The highest BCUT2D eigenvalue weighted by atomic mass is 32.1. The van der Waals surface area contributed by atoms with Gasteiger partial charge in [-0.05, 0) is 105 Å². The zero-order valence-corrected chi connectivity index (χ0v) is 39.9. The molecule has 0 spiro atoms. The van der Waals surface area contributed by atoms with Crippen LogP contribution >= 0.6 is 11.3 Å². The number of aromatic amines is 2. The van der Waals surface area contributed by atoms with Crippen LogP contribution in [-0.4, -0.2) is 97.7 Å². The molecule has 9 rings (SSSR count). The predicted molar refractivity (Wildman–Crippen MR) is 256 cm³/mol. The van der Waals surface area contributed by atoms with E-state index >= 15 is 0 Å². The molecule has 7 heterocycles. The number of aromatic nitrogens is 5. The number of amides is 4. The van der Waals surface area contributed by atoms with E-state index in [4.69, 9.17) is 24.2 Å². The van der Waals surface area contributed by atoms with Crippen molar-refractivity contribution in [3.05, 3.63) is 105 Å². The Hall–Kier alpha value is -6.62. The fourth-order valence-corrected chi connectivity index (χ4v) is 11.0. The number of H-pyrrole nitrogens is 2. The van der Waals surface area contributed by atoms with Crippen LogP contribution in [0.2, 0.25) is 0 Å². The molecule has 1 aliphatic carbocycles. The summed E-state index contributed by atoms with van der Waals surface area (Å²) in [6.45, 7) is 15.4. The number of hydrogen-bond donors (Lipinski definition) is 4. The maximum absolute atomic E-state index is 13.8. The number of ether oxygens (including phenoxy) is 3. The van der Waals surface area contributed by atoms with Crippen LogP contribution in [0.4, 0.5) is 9.59 Å². The minimum absolute atomic E-state index is 0.129. The maximum atomic E-state index is 13.8. The highest BCUT2D eigenvalue weighted by molar-refractivity contribution is 7.12. The van der Waals surface area contributed by atoms with Gasteiger partial charge in [0, 0.05) is 34.5 Å². The molecule has 0 saturated carbocycles. The number of carbonyl (C=O) groups is 4. The number of alkyl carbamates (subject to hydrolysis) is 2. The highest BCUT2D eigenvalue weighted by Gasteiger charge is 2.40. The number of imidazole rings is 2. The summed E-state index contributed by atoms with van der Waals surface area (Å²) >= 11 is 1.71. The Morgan fingerprint density at radius 2 is 1.48 bits per heavy atom. The first-order chi connectivity index (χ1) is 32.3. The van der Waals surface area contributed by atoms with Crippen LogP contribution in [0.1, 0.15) is 116 Å². The Morgan fingerprint density at radius 3 is 2.07 bits per heavy atom. The minimum Gasteiger partial charge on any atom is -0.464 e. The molecule has 352 valence electrons. The number of hydrogen-bond acceptors (Lipinski definition) is 10. The molecule has 4 amide bonds. The lowest BCUT2D eigenvalue weighted by atomic mass is 9.86. The molecule has 4 aliphatic rings. The van der Waals surface area contributed by atoms with Gasteiger partial charge < -0.3 is 44.6 Å². The monoisotopic (exact) mass is 929 g/mol. The normalized spacial score (nSPS) is 20.2. The van der Waals surface area contributed by atoms with Crippen molar-refractivity contribution in [2.24, 2.45) is 11.8 Å². The van der Waals surface area contributed by atoms with Gasteiger partial charge in [-0.3, -0.25) is 14.2 Å². The number of methoxy groups -OCH3 is 2. The van der Waals surface area contributed by atoms with Crippen LogP contribution in [0.5, 0.6) is 0 Å². The summed E-state index contributed by atoms with van der Waals surface area (Å²) in [7, 11) is 2.59. The second-order valence-corrected chi connectivity index (χ2v) is 19.8. The molecule has 67 heavy (non-hydrogen) atoms. The number of likely N-dealkylation sites (tertiary alicyclic amines) is 2. The van der Waals surface area contributed by atoms with Crippen molar-refractivity contribution in [1.29, 1.82) is 0 Å². The van der Waals surface area contributed by atoms with E-state index in [-0.39, 0.29) is 35.7 Å². The molecule has 5 atom stereocenters. The molecule has 16 nitrogen and oxygen atoms in total. The Balaban J connectivity index is 1.03. The minimum atomic E-state index is -0.720. The highest BCUT2D eigenvalue weighted by Crippen LogP contribution is 2.50. The number of thiophene rings is 1. The molecule has 5 aromatic rings. The van der Waals surface area contributed by atoms with Crippen molar-refractivity contribution < 1.29 is 33.4 Å². The van der Waals surface area contributed by atoms with Gasteiger partial charge in [0.05, 0.1) is 66.2 Å². The lowest BCUT2D eigenvalue weighted by Gasteiger charge is -2.33. The third kappa shape index (κ3) is 8.53.